The van der Waals surface area contributed by atoms with E-state index < -0.39 is 0 Å². The Hall–Kier alpha value is -1.85. The quantitative estimate of drug-likeness (QED) is 0.777. The Labute approximate surface area is 99.7 Å². The molecule has 2 rings (SSSR count). The van der Waals surface area contributed by atoms with Gasteiger partial charge in [-0.3, -0.25) is 4.79 Å². The summed E-state index contributed by atoms with van der Waals surface area (Å²) in [5, 5.41) is 7.49. The first-order chi connectivity index (χ1) is 8.28. The summed E-state index contributed by atoms with van der Waals surface area (Å²) in [6.45, 7) is 1.11. The van der Waals surface area contributed by atoms with Crippen molar-refractivity contribution >= 4 is 12.0 Å². The number of methoxy groups -OCH3 is 1. The van der Waals surface area contributed by atoms with E-state index in [1.807, 2.05) is 6.08 Å². The summed E-state index contributed by atoms with van der Waals surface area (Å²) in [6, 6.07) is 0. The average Bonchev–Trinajstić information content (AvgIpc) is 2.77. The highest BCUT2D eigenvalue weighted by atomic mass is 16.5. The van der Waals surface area contributed by atoms with Crippen LogP contribution in [0.2, 0.25) is 0 Å². The summed E-state index contributed by atoms with van der Waals surface area (Å²) in [7, 11) is 1.36. The maximum Gasteiger partial charge on any atom is 0.327 e. The molecule has 1 fully saturated rings. The number of esters is 1. The zero-order valence-corrected chi connectivity index (χ0v) is 9.85. The van der Waals surface area contributed by atoms with Crippen molar-refractivity contribution in [3.05, 3.63) is 17.8 Å². The standard InChI is InChI=1S/C11H16N4O2/c1-17-11(16)7-15-8-13-10(14-15)6-9-4-2-3-5-12-9/h6,8,12H,2-5,7H2,1H3. The van der Waals surface area contributed by atoms with Gasteiger partial charge in [-0.05, 0) is 19.3 Å². The van der Waals surface area contributed by atoms with Gasteiger partial charge >= 0.3 is 5.97 Å². The topological polar surface area (TPSA) is 69.0 Å². The molecule has 1 aromatic rings. The molecule has 92 valence electrons. The largest absolute Gasteiger partial charge is 0.468 e. The third-order valence-electron chi connectivity index (χ3n) is 2.60. The lowest BCUT2D eigenvalue weighted by Gasteiger charge is -2.15. The number of hydrogen-bond donors (Lipinski definition) is 1. The number of ether oxygens (including phenoxy) is 1. The monoisotopic (exact) mass is 236 g/mol. The van der Waals surface area contributed by atoms with Gasteiger partial charge in [-0.15, -0.1) is 0 Å². The predicted molar refractivity (Wildman–Crippen MR) is 61.9 cm³/mol. The summed E-state index contributed by atoms with van der Waals surface area (Å²) in [5.41, 5.74) is 1.16. The second kappa shape index (κ2) is 5.47. The van der Waals surface area contributed by atoms with Crippen molar-refractivity contribution in [1.29, 1.82) is 0 Å². The molecular weight excluding hydrogens is 220 g/mol. The normalized spacial score (nSPS) is 17.8. The van der Waals surface area contributed by atoms with Gasteiger partial charge in [0.05, 0.1) is 7.11 Å². The molecule has 2 heterocycles. The molecule has 1 N–H and O–H groups in total. The van der Waals surface area contributed by atoms with Crippen molar-refractivity contribution < 1.29 is 9.53 Å². The highest BCUT2D eigenvalue weighted by Gasteiger charge is 2.07. The SMILES string of the molecule is COC(=O)Cn1cnc(C=C2CCCCN2)n1. The van der Waals surface area contributed by atoms with Crippen molar-refractivity contribution in [2.75, 3.05) is 13.7 Å². The number of rotatable bonds is 3. The molecule has 6 heteroatoms. The van der Waals surface area contributed by atoms with Crippen molar-refractivity contribution in [1.82, 2.24) is 20.1 Å². The second-order valence-electron chi connectivity index (χ2n) is 3.93. The zero-order chi connectivity index (χ0) is 12.1. The predicted octanol–water partition coefficient (Wildman–Crippen LogP) is 0.565. The molecule has 0 spiro atoms. The molecule has 1 aliphatic heterocycles. The van der Waals surface area contributed by atoms with E-state index in [9.17, 15) is 4.79 Å². The van der Waals surface area contributed by atoms with Crippen LogP contribution in [0.3, 0.4) is 0 Å². The second-order valence-corrected chi connectivity index (χ2v) is 3.93. The van der Waals surface area contributed by atoms with E-state index in [1.165, 1.54) is 31.0 Å². The summed E-state index contributed by atoms with van der Waals surface area (Å²) in [6.07, 6.45) is 6.90. The molecule has 1 aliphatic rings. The number of nitrogens with one attached hydrogen (secondary N) is 1. The van der Waals surface area contributed by atoms with Gasteiger partial charge in [0, 0.05) is 18.3 Å². The Morgan fingerprint density at radius 3 is 3.24 bits per heavy atom. The summed E-state index contributed by atoms with van der Waals surface area (Å²) < 4.78 is 6.03. The maximum atomic E-state index is 11.0. The van der Waals surface area contributed by atoms with E-state index in [0.717, 1.165) is 18.7 Å². The van der Waals surface area contributed by atoms with E-state index in [-0.39, 0.29) is 12.5 Å². The molecule has 0 atom stereocenters. The van der Waals surface area contributed by atoms with Crippen LogP contribution in [0.1, 0.15) is 25.1 Å². The maximum absolute atomic E-state index is 11.0. The third kappa shape index (κ3) is 3.30. The van der Waals surface area contributed by atoms with Crippen LogP contribution >= 0.6 is 0 Å². The van der Waals surface area contributed by atoms with Crippen LogP contribution in [0, 0.1) is 0 Å². The minimum Gasteiger partial charge on any atom is -0.468 e. The Bertz CT molecular complexity index is 417. The lowest BCUT2D eigenvalue weighted by molar-refractivity contribution is -0.141. The fourth-order valence-corrected chi connectivity index (χ4v) is 1.70. The highest BCUT2D eigenvalue weighted by Crippen LogP contribution is 2.12. The summed E-state index contributed by atoms with van der Waals surface area (Å²) >= 11 is 0. The minimum atomic E-state index is -0.329. The van der Waals surface area contributed by atoms with Crippen molar-refractivity contribution in [2.45, 2.75) is 25.8 Å². The molecular formula is C11H16N4O2. The number of carbonyl (C=O) groups is 1. The molecule has 0 unspecified atom stereocenters. The van der Waals surface area contributed by atoms with E-state index >= 15 is 0 Å². The molecule has 0 aromatic carbocycles. The first-order valence-electron chi connectivity index (χ1n) is 5.68. The van der Waals surface area contributed by atoms with Crippen molar-refractivity contribution in [3.8, 4) is 0 Å². The molecule has 0 saturated carbocycles. The molecule has 0 bridgehead atoms. The van der Waals surface area contributed by atoms with Gasteiger partial charge in [0.15, 0.2) is 5.82 Å². The van der Waals surface area contributed by atoms with Crippen LogP contribution < -0.4 is 5.32 Å². The van der Waals surface area contributed by atoms with Gasteiger partial charge in [-0.25, -0.2) is 9.67 Å². The number of piperidine rings is 1. The van der Waals surface area contributed by atoms with Gasteiger partial charge in [0.2, 0.25) is 0 Å². The lowest BCUT2D eigenvalue weighted by Crippen LogP contribution is -2.19. The third-order valence-corrected chi connectivity index (χ3v) is 2.60. The molecule has 0 aliphatic carbocycles. The highest BCUT2D eigenvalue weighted by molar-refractivity contribution is 5.68. The fraction of sp³-hybridized carbons (Fsp3) is 0.545. The number of nitrogens with zero attached hydrogens (tertiary/aromatic N) is 3. The number of allylic oxidation sites excluding steroid dienone is 1. The van der Waals surface area contributed by atoms with Gasteiger partial charge in [-0.1, -0.05) is 0 Å². The Kier molecular flexibility index (Phi) is 3.74. The van der Waals surface area contributed by atoms with E-state index in [1.54, 1.807) is 0 Å². The molecule has 0 radical (unpaired) electrons. The lowest BCUT2D eigenvalue weighted by atomic mass is 10.1. The number of aromatic nitrogens is 3. The molecule has 1 saturated heterocycles. The van der Waals surface area contributed by atoms with Crippen molar-refractivity contribution in [3.63, 3.8) is 0 Å². The molecule has 1 aromatic heterocycles. The molecule has 17 heavy (non-hydrogen) atoms. The van der Waals surface area contributed by atoms with Crippen molar-refractivity contribution in [2.24, 2.45) is 0 Å². The first-order valence-corrected chi connectivity index (χ1v) is 5.68. The summed E-state index contributed by atoms with van der Waals surface area (Å²) in [5.74, 6) is 0.295. The van der Waals surface area contributed by atoms with Gasteiger partial charge < -0.3 is 10.1 Å². The average molecular weight is 236 g/mol. The van der Waals surface area contributed by atoms with Crippen LogP contribution in [-0.2, 0) is 16.1 Å². The van der Waals surface area contributed by atoms with Crippen LogP contribution in [0.25, 0.3) is 6.08 Å². The van der Waals surface area contributed by atoms with Crippen LogP contribution in [-0.4, -0.2) is 34.4 Å². The van der Waals surface area contributed by atoms with E-state index in [2.05, 4.69) is 20.1 Å². The number of carbonyl (C=O) groups excluding carboxylic acids is 1. The first kappa shape index (κ1) is 11.6. The van der Waals surface area contributed by atoms with E-state index in [4.69, 9.17) is 0 Å². The van der Waals surface area contributed by atoms with Gasteiger partial charge in [0.1, 0.15) is 12.9 Å². The Morgan fingerprint density at radius 2 is 2.53 bits per heavy atom. The Balaban J connectivity index is 2.00. The smallest absolute Gasteiger partial charge is 0.327 e. The van der Waals surface area contributed by atoms with Gasteiger partial charge in [-0.2, -0.15) is 5.10 Å². The molecule has 6 nitrogen and oxygen atoms in total. The Morgan fingerprint density at radius 1 is 1.65 bits per heavy atom. The zero-order valence-electron chi connectivity index (χ0n) is 9.85. The fourth-order valence-electron chi connectivity index (χ4n) is 1.70. The van der Waals surface area contributed by atoms with Crippen LogP contribution in [0.15, 0.2) is 12.0 Å². The van der Waals surface area contributed by atoms with Crippen LogP contribution in [0.5, 0.6) is 0 Å². The number of hydrogen-bond acceptors (Lipinski definition) is 5. The van der Waals surface area contributed by atoms with Gasteiger partial charge in [0.25, 0.3) is 0 Å². The summed E-state index contributed by atoms with van der Waals surface area (Å²) in [4.78, 5) is 15.2. The molecule has 0 amide bonds. The minimum absolute atomic E-state index is 0.0973. The van der Waals surface area contributed by atoms with Crippen LogP contribution in [0.4, 0.5) is 0 Å². The van der Waals surface area contributed by atoms with E-state index in [0.29, 0.717) is 5.82 Å².